The van der Waals surface area contributed by atoms with E-state index in [9.17, 15) is 4.79 Å². The summed E-state index contributed by atoms with van der Waals surface area (Å²) < 4.78 is 4.69. The summed E-state index contributed by atoms with van der Waals surface area (Å²) in [6, 6.07) is 6.86. The molecule has 76 valence electrons. The second-order valence-corrected chi connectivity index (χ2v) is 4.73. The number of hydrogen-bond acceptors (Lipinski definition) is 4. The van der Waals surface area contributed by atoms with Crippen LogP contribution in [0.4, 0.5) is 5.69 Å². The van der Waals surface area contributed by atoms with Crippen molar-refractivity contribution in [3.8, 4) is 0 Å². The number of benzene rings is 1. The van der Waals surface area contributed by atoms with E-state index in [0.29, 0.717) is 16.1 Å². The quantitative estimate of drug-likeness (QED) is 0.681. The Kier molecular flexibility index (Phi) is 2.83. The van der Waals surface area contributed by atoms with Gasteiger partial charge in [0.25, 0.3) is 0 Å². The lowest BCUT2D eigenvalue weighted by molar-refractivity contribution is 0.104. The number of anilines is 1. The highest BCUT2D eigenvalue weighted by molar-refractivity contribution is 9.10. The lowest BCUT2D eigenvalue weighted by Gasteiger charge is -2.00. The number of nitrogens with zero attached hydrogens (tertiary/aromatic N) is 1. The second-order valence-electron chi connectivity index (χ2n) is 2.98. The van der Waals surface area contributed by atoms with Crippen molar-refractivity contribution >= 4 is 38.9 Å². The van der Waals surface area contributed by atoms with Gasteiger partial charge in [-0.3, -0.25) is 4.79 Å². The molecule has 1 aromatic carbocycles. The van der Waals surface area contributed by atoms with Gasteiger partial charge < -0.3 is 5.73 Å². The van der Waals surface area contributed by atoms with E-state index in [-0.39, 0.29) is 5.78 Å². The van der Waals surface area contributed by atoms with Crippen molar-refractivity contribution in [2.75, 3.05) is 5.73 Å². The minimum atomic E-state index is -0.0505. The summed E-state index contributed by atoms with van der Waals surface area (Å²) in [6.45, 7) is 0. The van der Waals surface area contributed by atoms with Crippen LogP contribution in [-0.2, 0) is 0 Å². The van der Waals surface area contributed by atoms with Crippen molar-refractivity contribution < 1.29 is 4.79 Å². The first-order chi connectivity index (χ1) is 7.16. The highest BCUT2D eigenvalue weighted by Crippen LogP contribution is 2.20. The number of rotatable bonds is 2. The highest BCUT2D eigenvalue weighted by atomic mass is 79.9. The van der Waals surface area contributed by atoms with E-state index in [1.807, 2.05) is 0 Å². The Hall–Kier alpha value is -1.20. The summed E-state index contributed by atoms with van der Waals surface area (Å²) in [6.07, 6.45) is 1.61. The Morgan fingerprint density at radius 1 is 1.40 bits per heavy atom. The van der Waals surface area contributed by atoms with Crippen LogP contribution in [0.2, 0.25) is 0 Å². The van der Waals surface area contributed by atoms with Crippen molar-refractivity contribution in [1.29, 1.82) is 0 Å². The molecule has 0 unspecified atom stereocenters. The molecule has 0 aliphatic carbocycles. The number of nitrogen functional groups attached to an aromatic ring is 1. The molecular formula is C10H7BrN2OS. The third-order valence-corrected chi connectivity index (χ3v) is 3.05. The fraction of sp³-hybridized carbons (Fsp3) is 0. The summed E-state index contributed by atoms with van der Waals surface area (Å²) in [4.78, 5) is 12.5. The predicted octanol–water partition coefficient (Wildman–Crippen LogP) is 2.72. The molecule has 0 aliphatic heterocycles. The van der Waals surface area contributed by atoms with E-state index in [1.54, 1.807) is 30.5 Å². The first kappa shape index (κ1) is 10.3. The second kappa shape index (κ2) is 4.12. The number of carbonyl (C=O) groups excluding carboxylic acids is 1. The maximum absolute atomic E-state index is 11.9. The summed E-state index contributed by atoms with van der Waals surface area (Å²) in [5.74, 6) is -0.0505. The van der Waals surface area contributed by atoms with Crippen LogP contribution in [0, 0.1) is 0 Å². The summed E-state index contributed by atoms with van der Waals surface area (Å²) in [5, 5.41) is 0. The van der Waals surface area contributed by atoms with E-state index in [0.717, 1.165) is 4.47 Å². The lowest BCUT2D eigenvalue weighted by Crippen LogP contribution is -1.99. The van der Waals surface area contributed by atoms with Crippen molar-refractivity contribution in [3.63, 3.8) is 0 Å². The third kappa shape index (κ3) is 2.24. The van der Waals surface area contributed by atoms with Gasteiger partial charge in [-0.1, -0.05) is 15.9 Å². The summed E-state index contributed by atoms with van der Waals surface area (Å²) >= 11 is 4.48. The minimum Gasteiger partial charge on any atom is -0.399 e. The Labute approximate surface area is 99.2 Å². The zero-order valence-corrected chi connectivity index (χ0v) is 10.0. The van der Waals surface area contributed by atoms with E-state index in [1.165, 1.54) is 11.5 Å². The number of ketones is 1. The minimum absolute atomic E-state index is 0.0505. The van der Waals surface area contributed by atoms with Gasteiger partial charge >= 0.3 is 0 Å². The molecule has 1 heterocycles. The van der Waals surface area contributed by atoms with Crippen molar-refractivity contribution in [1.82, 2.24) is 4.37 Å². The fourth-order valence-electron chi connectivity index (χ4n) is 1.22. The molecular weight excluding hydrogens is 276 g/mol. The predicted molar refractivity (Wildman–Crippen MR) is 64.1 cm³/mol. The SMILES string of the molecule is Nc1cc(Br)cc(C(=O)c2ccns2)c1. The Morgan fingerprint density at radius 2 is 2.20 bits per heavy atom. The number of hydrogen-bond donors (Lipinski definition) is 1. The molecule has 0 atom stereocenters. The Balaban J connectivity index is 2.42. The average Bonchev–Trinajstić information content (AvgIpc) is 2.67. The number of halogens is 1. The Morgan fingerprint density at radius 3 is 2.80 bits per heavy atom. The van der Waals surface area contributed by atoms with Crippen molar-refractivity contribution in [3.05, 3.63) is 45.4 Å². The maximum Gasteiger partial charge on any atom is 0.204 e. The van der Waals surface area contributed by atoms with Crippen LogP contribution in [0.5, 0.6) is 0 Å². The van der Waals surface area contributed by atoms with Crippen molar-refractivity contribution in [2.45, 2.75) is 0 Å². The molecule has 0 saturated heterocycles. The van der Waals surface area contributed by atoms with Gasteiger partial charge in [0, 0.05) is 21.9 Å². The molecule has 2 N–H and O–H groups in total. The lowest BCUT2D eigenvalue weighted by atomic mass is 10.1. The average molecular weight is 283 g/mol. The molecule has 15 heavy (non-hydrogen) atoms. The van der Waals surface area contributed by atoms with Crippen LogP contribution in [0.3, 0.4) is 0 Å². The fourth-order valence-corrected chi connectivity index (χ4v) is 2.29. The number of aromatic nitrogens is 1. The van der Waals surface area contributed by atoms with Gasteiger partial charge in [-0.05, 0) is 35.8 Å². The molecule has 0 fully saturated rings. The van der Waals surface area contributed by atoms with Crippen LogP contribution in [-0.4, -0.2) is 10.2 Å². The largest absolute Gasteiger partial charge is 0.399 e. The normalized spacial score (nSPS) is 10.2. The third-order valence-electron chi connectivity index (χ3n) is 1.84. The standard InChI is InChI=1S/C10H7BrN2OS/c11-7-3-6(4-8(12)5-7)10(14)9-1-2-13-15-9/h1-5H,12H2. The van der Waals surface area contributed by atoms with Gasteiger partial charge in [0.1, 0.15) is 0 Å². The number of carbonyl (C=O) groups is 1. The van der Waals surface area contributed by atoms with Gasteiger partial charge in [0.05, 0.1) is 4.88 Å². The molecule has 0 bridgehead atoms. The van der Waals surface area contributed by atoms with E-state index >= 15 is 0 Å². The van der Waals surface area contributed by atoms with Gasteiger partial charge in [-0.15, -0.1) is 0 Å². The number of nitrogens with two attached hydrogens (primary N) is 1. The Bertz CT molecular complexity index is 476. The molecule has 0 spiro atoms. The van der Waals surface area contributed by atoms with E-state index < -0.39 is 0 Å². The summed E-state index contributed by atoms with van der Waals surface area (Å²) in [7, 11) is 0. The van der Waals surface area contributed by atoms with Crippen molar-refractivity contribution in [2.24, 2.45) is 0 Å². The first-order valence-electron chi connectivity index (χ1n) is 4.18. The molecule has 2 aromatic rings. The molecule has 0 amide bonds. The van der Waals surface area contributed by atoms with Crippen LogP contribution < -0.4 is 5.73 Å². The van der Waals surface area contributed by atoms with Crippen LogP contribution in [0.25, 0.3) is 0 Å². The molecule has 2 rings (SSSR count). The monoisotopic (exact) mass is 282 g/mol. The van der Waals surface area contributed by atoms with E-state index in [4.69, 9.17) is 5.73 Å². The topological polar surface area (TPSA) is 56.0 Å². The molecule has 3 nitrogen and oxygen atoms in total. The van der Waals surface area contributed by atoms with E-state index in [2.05, 4.69) is 20.3 Å². The summed E-state index contributed by atoms with van der Waals surface area (Å²) in [5.41, 5.74) is 6.80. The van der Waals surface area contributed by atoms with Gasteiger partial charge in [0.2, 0.25) is 5.78 Å². The molecule has 1 aromatic heterocycles. The zero-order chi connectivity index (χ0) is 10.8. The van der Waals surface area contributed by atoms with Crippen LogP contribution >= 0.6 is 27.5 Å². The van der Waals surface area contributed by atoms with Gasteiger partial charge in [0.15, 0.2) is 0 Å². The smallest absolute Gasteiger partial charge is 0.204 e. The maximum atomic E-state index is 11.9. The zero-order valence-electron chi connectivity index (χ0n) is 7.61. The van der Waals surface area contributed by atoms with Gasteiger partial charge in [-0.25, -0.2) is 4.37 Å². The molecule has 0 radical (unpaired) electrons. The first-order valence-corrected chi connectivity index (χ1v) is 5.75. The molecule has 0 saturated carbocycles. The molecule has 5 heteroatoms. The van der Waals surface area contributed by atoms with Crippen LogP contribution in [0.1, 0.15) is 15.2 Å². The van der Waals surface area contributed by atoms with Crippen LogP contribution in [0.15, 0.2) is 34.9 Å². The molecule has 0 aliphatic rings. The highest BCUT2D eigenvalue weighted by Gasteiger charge is 2.11. The van der Waals surface area contributed by atoms with Gasteiger partial charge in [-0.2, -0.15) is 0 Å².